The number of sulfonamides is 1. The van der Waals surface area contributed by atoms with Crippen molar-refractivity contribution >= 4 is 43.2 Å². The molecule has 0 bridgehead atoms. The highest BCUT2D eigenvalue weighted by molar-refractivity contribution is 9.10. The highest BCUT2D eigenvalue weighted by Crippen LogP contribution is 2.30. The molecule has 0 unspecified atom stereocenters. The lowest BCUT2D eigenvalue weighted by Gasteiger charge is -2.19. The van der Waals surface area contributed by atoms with Crippen molar-refractivity contribution in [2.75, 3.05) is 17.1 Å². The maximum absolute atomic E-state index is 12.6. The van der Waals surface area contributed by atoms with E-state index in [1.165, 1.54) is 25.3 Å². The first-order valence-corrected chi connectivity index (χ1v) is 9.87. The van der Waals surface area contributed by atoms with Crippen LogP contribution in [0.3, 0.4) is 0 Å². The van der Waals surface area contributed by atoms with Crippen molar-refractivity contribution in [2.45, 2.75) is 24.3 Å². The SMILES string of the molecule is COc1ccc(NC(=O)C(C)(C)N)cc1NS(=O)(=O)c1ccc(Br)cc1. The Morgan fingerprint density at radius 1 is 1.15 bits per heavy atom. The standard InChI is InChI=1S/C17H20BrN3O4S/c1-17(2,19)16(22)20-12-6-9-15(25-3)14(10-12)21-26(23,24)13-7-4-11(18)5-8-13/h4-10,21H,19H2,1-3H3,(H,20,22). The molecule has 2 aromatic rings. The first-order chi connectivity index (χ1) is 12.0. The number of nitrogens with one attached hydrogen (secondary N) is 2. The van der Waals surface area contributed by atoms with Crippen LogP contribution in [0.1, 0.15) is 13.8 Å². The van der Waals surface area contributed by atoms with E-state index < -0.39 is 21.5 Å². The molecule has 140 valence electrons. The van der Waals surface area contributed by atoms with E-state index in [1.807, 2.05) is 0 Å². The van der Waals surface area contributed by atoms with Crippen LogP contribution < -0.4 is 20.5 Å². The number of rotatable bonds is 6. The number of carbonyl (C=O) groups excluding carboxylic acids is 1. The number of benzene rings is 2. The summed E-state index contributed by atoms with van der Waals surface area (Å²) >= 11 is 3.26. The second kappa shape index (κ2) is 7.65. The molecule has 26 heavy (non-hydrogen) atoms. The van der Waals surface area contributed by atoms with Gasteiger partial charge in [0.25, 0.3) is 10.0 Å². The van der Waals surface area contributed by atoms with Crippen LogP contribution in [-0.4, -0.2) is 27.0 Å². The maximum atomic E-state index is 12.6. The van der Waals surface area contributed by atoms with Gasteiger partial charge in [-0.15, -0.1) is 0 Å². The van der Waals surface area contributed by atoms with Crippen LogP contribution in [0.15, 0.2) is 51.8 Å². The number of ether oxygens (including phenoxy) is 1. The van der Waals surface area contributed by atoms with E-state index in [0.29, 0.717) is 11.4 Å². The van der Waals surface area contributed by atoms with Crippen molar-refractivity contribution in [3.8, 4) is 5.75 Å². The van der Waals surface area contributed by atoms with Gasteiger partial charge in [0, 0.05) is 10.2 Å². The topological polar surface area (TPSA) is 111 Å². The fraction of sp³-hybridized carbons (Fsp3) is 0.235. The van der Waals surface area contributed by atoms with E-state index in [2.05, 4.69) is 26.0 Å². The number of anilines is 2. The van der Waals surface area contributed by atoms with Crippen LogP contribution in [-0.2, 0) is 14.8 Å². The Morgan fingerprint density at radius 2 is 1.77 bits per heavy atom. The highest BCUT2D eigenvalue weighted by atomic mass is 79.9. The summed E-state index contributed by atoms with van der Waals surface area (Å²) in [6, 6.07) is 10.8. The Labute approximate surface area is 161 Å². The van der Waals surface area contributed by atoms with E-state index in [-0.39, 0.29) is 10.6 Å². The summed E-state index contributed by atoms with van der Waals surface area (Å²) in [7, 11) is -2.40. The first kappa shape index (κ1) is 20.2. The van der Waals surface area contributed by atoms with Crippen LogP contribution in [0.4, 0.5) is 11.4 Å². The largest absolute Gasteiger partial charge is 0.495 e. The molecule has 0 atom stereocenters. The molecular formula is C17H20BrN3O4S. The maximum Gasteiger partial charge on any atom is 0.262 e. The molecule has 0 radical (unpaired) electrons. The van der Waals surface area contributed by atoms with Crippen LogP contribution in [0, 0.1) is 0 Å². The number of hydrogen-bond donors (Lipinski definition) is 3. The first-order valence-electron chi connectivity index (χ1n) is 7.60. The molecule has 0 aliphatic carbocycles. The second-order valence-corrected chi connectivity index (χ2v) is 8.75. The van der Waals surface area contributed by atoms with Gasteiger partial charge in [-0.1, -0.05) is 15.9 Å². The fourth-order valence-corrected chi connectivity index (χ4v) is 3.30. The average molecular weight is 442 g/mol. The minimum Gasteiger partial charge on any atom is -0.495 e. The predicted molar refractivity (Wildman–Crippen MR) is 105 cm³/mol. The molecule has 0 saturated carbocycles. The van der Waals surface area contributed by atoms with Crippen LogP contribution in [0.2, 0.25) is 0 Å². The Bertz CT molecular complexity index is 907. The highest BCUT2D eigenvalue weighted by Gasteiger charge is 2.23. The molecule has 2 rings (SSSR count). The zero-order valence-electron chi connectivity index (χ0n) is 14.5. The summed E-state index contributed by atoms with van der Waals surface area (Å²) in [6.07, 6.45) is 0. The monoisotopic (exact) mass is 441 g/mol. The molecule has 9 heteroatoms. The van der Waals surface area contributed by atoms with E-state index in [1.54, 1.807) is 38.1 Å². The minimum atomic E-state index is -3.82. The molecule has 4 N–H and O–H groups in total. The average Bonchev–Trinajstić information content (AvgIpc) is 2.54. The Morgan fingerprint density at radius 3 is 2.31 bits per heavy atom. The minimum absolute atomic E-state index is 0.0975. The third-order valence-corrected chi connectivity index (χ3v) is 5.32. The van der Waals surface area contributed by atoms with E-state index >= 15 is 0 Å². The molecule has 0 spiro atoms. The molecule has 2 aromatic carbocycles. The van der Waals surface area contributed by atoms with Gasteiger partial charge < -0.3 is 15.8 Å². The lowest BCUT2D eigenvalue weighted by molar-refractivity contribution is -0.120. The zero-order chi connectivity index (χ0) is 19.5. The van der Waals surface area contributed by atoms with Gasteiger partial charge in [0.05, 0.1) is 23.2 Å². The summed E-state index contributed by atoms with van der Waals surface area (Å²) in [5, 5.41) is 2.65. The van der Waals surface area contributed by atoms with Crippen molar-refractivity contribution in [2.24, 2.45) is 5.73 Å². The van der Waals surface area contributed by atoms with Crippen molar-refractivity contribution in [3.63, 3.8) is 0 Å². The van der Waals surface area contributed by atoms with Crippen LogP contribution in [0.5, 0.6) is 5.75 Å². The molecule has 0 aromatic heterocycles. The Hall–Kier alpha value is -2.10. The quantitative estimate of drug-likeness (QED) is 0.637. The van der Waals surface area contributed by atoms with Crippen LogP contribution >= 0.6 is 15.9 Å². The number of hydrogen-bond acceptors (Lipinski definition) is 5. The van der Waals surface area contributed by atoms with Gasteiger partial charge in [0.2, 0.25) is 5.91 Å². The van der Waals surface area contributed by atoms with Crippen molar-refractivity contribution in [1.29, 1.82) is 0 Å². The summed E-state index contributed by atoms with van der Waals surface area (Å²) < 4.78 is 33.6. The summed E-state index contributed by atoms with van der Waals surface area (Å²) in [6.45, 7) is 3.14. The van der Waals surface area contributed by atoms with Gasteiger partial charge in [0.1, 0.15) is 5.75 Å². The molecule has 0 heterocycles. The number of halogens is 1. The number of amides is 1. The van der Waals surface area contributed by atoms with Gasteiger partial charge in [-0.05, 0) is 56.3 Å². The molecule has 0 aliphatic rings. The van der Waals surface area contributed by atoms with Gasteiger partial charge in [-0.2, -0.15) is 0 Å². The third kappa shape index (κ3) is 4.96. The van der Waals surface area contributed by atoms with E-state index in [0.717, 1.165) is 4.47 Å². The van der Waals surface area contributed by atoms with Gasteiger partial charge in [-0.25, -0.2) is 8.42 Å². The van der Waals surface area contributed by atoms with E-state index in [9.17, 15) is 13.2 Å². The van der Waals surface area contributed by atoms with Gasteiger partial charge >= 0.3 is 0 Å². The lowest BCUT2D eigenvalue weighted by atomic mass is 10.1. The van der Waals surface area contributed by atoms with Crippen molar-refractivity contribution < 1.29 is 17.9 Å². The number of carbonyl (C=O) groups is 1. The number of nitrogens with two attached hydrogens (primary N) is 1. The second-order valence-electron chi connectivity index (χ2n) is 6.15. The Balaban J connectivity index is 2.34. The molecule has 7 nitrogen and oxygen atoms in total. The zero-order valence-corrected chi connectivity index (χ0v) is 16.9. The van der Waals surface area contributed by atoms with Crippen molar-refractivity contribution in [3.05, 3.63) is 46.9 Å². The third-order valence-electron chi connectivity index (χ3n) is 3.41. The lowest BCUT2D eigenvalue weighted by Crippen LogP contribution is -2.45. The normalized spacial score (nSPS) is 11.7. The van der Waals surface area contributed by atoms with Crippen LogP contribution in [0.25, 0.3) is 0 Å². The molecule has 0 fully saturated rings. The predicted octanol–water partition coefficient (Wildman–Crippen LogP) is 2.93. The summed E-state index contributed by atoms with van der Waals surface area (Å²) in [4.78, 5) is 12.1. The number of methoxy groups -OCH3 is 1. The summed E-state index contributed by atoms with van der Waals surface area (Å²) in [5.41, 5.74) is 5.28. The molecule has 0 aliphatic heterocycles. The smallest absolute Gasteiger partial charge is 0.262 e. The fourth-order valence-electron chi connectivity index (χ4n) is 1.98. The molecule has 0 saturated heterocycles. The van der Waals surface area contributed by atoms with Gasteiger partial charge in [0.15, 0.2) is 0 Å². The molecule has 1 amide bonds. The Kier molecular flexibility index (Phi) is 5.94. The van der Waals surface area contributed by atoms with Crippen molar-refractivity contribution in [1.82, 2.24) is 0 Å². The summed E-state index contributed by atoms with van der Waals surface area (Å²) in [5.74, 6) is -0.0833. The van der Waals surface area contributed by atoms with E-state index in [4.69, 9.17) is 10.5 Å². The molecular weight excluding hydrogens is 422 g/mol. The van der Waals surface area contributed by atoms with Gasteiger partial charge in [-0.3, -0.25) is 9.52 Å².